The first kappa shape index (κ1) is 20.5. The van der Waals surface area contributed by atoms with Crippen molar-refractivity contribution < 1.29 is 18.4 Å². The Bertz CT molecular complexity index is 970. The van der Waals surface area contributed by atoms with Gasteiger partial charge in [0.1, 0.15) is 11.4 Å². The van der Waals surface area contributed by atoms with Gasteiger partial charge in [-0.25, -0.2) is 14.2 Å². The molecule has 154 valence electrons. The molecule has 2 aliphatic rings. The van der Waals surface area contributed by atoms with Crippen LogP contribution in [0.5, 0.6) is 0 Å². The summed E-state index contributed by atoms with van der Waals surface area (Å²) in [7, 11) is 1.50. The molecule has 1 aromatic carbocycles. The number of carbonyl (C=O) groups is 2. The first-order chi connectivity index (χ1) is 13.5. The highest BCUT2D eigenvalue weighted by atomic mass is 19.1. The lowest BCUT2D eigenvalue weighted by Gasteiger charge is -2.46. The third kappa shape index (κ3) is 3.26. The van der Waals surface area contributed by atoms with E-state index in [1.165, 1.54) is 42.3 Å². The Hall–Kier alpha value is -3.23. The number of nitrogens with zero attached hydrogens (tertiary/aromatic N) is 3. The molecule has 0 saturated carbocycles. The maximum absolute atomic E-state index is 14.8. The lowest BCUT2D eigenvalue weighted by molar-refractivity contribution is -0.140. The Morgan fingerprint density at radius 3 is 2.62 bits per heavy atom. The highest BCUT2D eigenvalue weighted by Gasteiger charge is 2.53. The van der Waals surface area contributed by atoms with Gasteiger partial charge in [0, 0.05) is 24.8 Å². The van der Waals surface area contributed by atoms with Crippen molar-refractivity contribution in [3.8, 4) is 0 Å². The van der Waals surface area contributed by atoms with Crippen molar-refractivity contribution in [3.63, 3.8) is 0 Å². The molecule has 0 aliphatic carbocycles. The molecule has 0 unspecified atom stereocenters. The van der Waals surface area contributed by atoms with E-state index in [0.717, 1.165) is 4.90 Å². The van der Waals surface area contributed by atoms with Gasteiger partial charge in [-0.15, -0.1) is 0 Å². The lowest BCUT2D eigenvalue weighted by Crippen LogP contribution is -2.58. The second-order valence-corrected chi connectivity index (χ2v) is 7.68. The van der Waals surface area contributed by atoms with E-state index in [4.69, 9.17) is 5.73 Å². The molecule has 29 heavy (non-hydrogen) atoms. The van der Waals surface area contributed by atoms with Crippen LogP contribution in [-0.2, 0) is 10.3 Å². The van der Waals surface area contributed by atoms with E-state index in [1.807, 2.05) is 0 Å². The maximum Gasteiger partial charge on any atom is 0.328 e. The summed E-state index contributed by atoms with van der Waals surface area (Å²) in [4.78, 5) is 31.7. The molecule has 0 aromatic heterocycles. The summed E-state index contributed by atoms with van der Waals surface area (Å²) in [5.74, 6) is -1.63. The molecule has 1 aromatic rings. The molecule has 3 N–H and O–H groups in total. The van der Waals surface area contributed by atoms with Gasteiger partial charge in [-0.2, -0.15) is 4.39 Å². The van der Waals surface area contributed by atoms with E-state index in [2.05, 4.69) is 10.3 Å². The predicted molar refractivity (Wildman–Crippen MR) is 106 cm³/mol. The zero-order valence-electron chi connectivity index (χ0n) is 16.7. The minimum absolute atomic E-state index is 0.0297. The molecule has 3 rings (SSSR count). The van der Waals surface area contributed by atoms with Crippen LogP contribution < -0.4 is 11.1 Å². The van der Waals surface area contributed by atoms with Gasteiger partial charge in [-0.1, -0.05) is 12.2 Å². The molecule has 2 aliphatic heterocycles. The highest BCUT2D eigenvalue weighted by molar-refractivity contribution is 6.01. The standard InChI is InChI=1S/C20H23F2N5O2/c1-19(2)16(28)26(4)17(23)25-20(19,3)13-11-12(8-9-14(13)21)24-18(29)27-10-6-5-7-15(27)22/h5-9,11H,10H2,1-4H3,(H2,23,25)(H,24,29)/t20-/m1/s1. The van der Waals surface area contributed by atoms with Crippen molar-refractivity contribution in [2.45, 2.75) is 26.3 Å². The van der Waals surface area contributed by atoms with Crippen molar-refractivity contribution >= 4 is 23.6 Å². The van der Waals surface area contributed by atoms with Crippen molar-refractivity contribution in [1.29, 1.82) is 0 Å². The number of guanidine groups is 1. The van der Waals surface area contributed by atoms with Crippen LogP contribution in [0.4, 0.5) is 19.3 Å². The largest absolute Gasteiger partial charge is 0.369 e. The number of rotatable bonds is 2. The Morgan fingerprint density at radius 2 is 1.97 bits per heavy atom. The zero-order valence-corrected chi connectivity index (χ0v) is 16.7. The van der Waals surface area contributed by atoms with E-state index in [0.29, 0.717) is 0 Å². The third-order valence-electron chi connectivity index (χ3n) is 5.64. The monoisotopic (exact) mass is 403 g/mol. The number of anilines is 1. The molecule has 2 heterocycles. The topological polar surface area (TPSA) is 91.0 Å². The van der Waals surface area contributed by atoms with Crippen LogP contribution in [0.25, 0.3) is 0 Å². The van der Waals surface area contributed by atoms with Gasteiger partial charge in [-0.3, -0.25) is 14.6 Å². The van der Waals surface area contributed by atoms with E-state index in [-0.39, 0.29) is 29.7 Å². The van der Waals surface area contributed by atoms with Crippen LogP contribution in [0.1, 0.15) is 26.3 Å². The minimum Gasteiger partial charge on any atom is -0.369 e. The highest BCUT2D eigenvalue weighted by Crippen LogP contribution is 2.47. The summed E-state index contributed by atoms with van der Waals surface area (Å²) in [6.07, 6.45) is 4.31. The third-order valence-corrected chi connectivity index (χ3v) is 5.64. The summed E-state index contributed by atoms with van der Waals surface area (Å²) >= 11 is 0. The second-order valence-electron chi connectivity index (χ2n) is 7.68. The van der Waals surface area contributed by atoms with Crippen molar-refractivity contribution in [1.82, 2.24) is 9.80 Å². The normalized spacial score (nSPS) is 23.6. The van der Waals surface area contributed by atoms with Crippen LogP contribution in [0.15, 0.2) is 47.4 Å². The molecular formula is C20H23F2N5O2. The summed E-state index contributed by atoms with van der Waals surface area (Å²) < 4.78 is 28.7. The molecular weight excluding hydrogens is 380 g/mol. The molecule has 0 radical (unpaired) electrons. The molecule has 0 spiro atoms. The second kappa shape index (κ2) is 6.98. The van der Waals surface area contributed by atoms with Crippen LogP contribution >= 0.6 is 0 Å². The lowest BCUT2D eigenvalue weighted by atomic mass is 9.67. The Kier molecular flexibility index (Phi) is 4.94. The molecule has 0 bridgehead atoms. The predicted octanol–water partition coefficient (Wildman–Crippen LogP) is 3.07. The number of halogens is 2. The van der Waals surface area contributed by atoms with Crippen molar-refractivity contribution in [3.05, 3.63) is 53.8 Å². The van der Waals surface area contributed by atoms with Crippen LogP contribution in [0.2, 0.25) is 0 Å². The number of amides is 3. The van der Waals surface area contributed by atoms with Crippen molar-refractivity contribution in [2.24, 2.45) is 16.1 Å². The van der Waals surface area contributed by atoms with E-state index >= 15 is 0 Å². The zero-order chi connectivity index (χ0) is 21.6. The number of urea groups is 1. The molecule has 9 heteroatoms. The molecule has 0 fully saturated rings. The Morgan fingerprint density at radius 1 is 1.28 bits per heavy atom. The van der Waals surface area contributed by atoms with Gasteiger partial charge in [0.15, 0.2) is 11.9 Å². The summed E-state index contributed by atoms with van der Waals surface area (Å²) in [5.41, 5.74) is 3.80. The van der Waals surface area contributed by atoms with Gasteiger partial charge < -0.3 is 11.1 Å². The number of carbonyl (C=O) groups excluding carboxylic acids is 2. The fraction of sp³-hybridized carbons (Fsp3) is 0.350. The van der Waals surface area contributed by atoms with Gasteiger partial charge in [0.05, 0.1) is 5.41 Å². The minimum atomic E-state index is -1.31. The average molecular weight is 403 g/mol. The van der Waals surface area contributed by atoms with E-state index in [1.54, 1.807) is 26.8 Å². The Balaban J connectivity index is 1.99. The van der Waals surface area contributed by atoms with Crippen molar-refractivity contribution in [2.75, 3.05) is 18.9 Å². The quantitative estimate of drug-likeness (QED) is 0.744. The molecule has 0 saturated heterocycles. The molecule has 1 atom stereocenters. The number of hydrogen-bond acceptors (Lipinski definition) is 4. The molecule has 7 nitrogen and oxygen atoms in total. The van der Waals surface area contributed by atoms with E-state index in [9.17, 15) is 18.4 Å². The van der Waals surface area contributed by atoms with Gasteiger partial charge >= 0.3 is 6.03 Å². The van der Waals surface area contributed by atoms with Crippen LogP contribution in [-0.4, -0.2) is 41.3 Å². The Labute approximate surface area is 167 Å². The number of allylic oxidation sites excluding steroid dienone is 2. The summed E-state index contributed by atoms with van der Waals surface area (Å²) in [6.45, 7) is 5.01. The smallest absolute Gasteiger partial charge is 0.328 e. The SMILES string of the molecule is CN1C(=O)C(C)(C)[C@@](C)(c2cc(NC(=O)N3CC=CC=C3F)ccc2F)N=C1N. The number of benzene rings is 1. The molecule has 3 amide bonds. The summed E-state index contributed by atoms with van der Waals surface area (Å²) in [5, 5.41) is 2.56. The number of nitrogens with two attached hydrogens (primary N) is 1. The van der Waals surface area contributed by atoms with Crippen LogP contribution in [0.3, 0.4) is 0 Å². The number of nitrogens with one attached hydrogen (secondary N) is 1. The van der Waals surface area contributed by atoms with Crippen LogP contribution in [0, 0.1) is 11.2 Å². The number of aliphatic imine (C=N–C) groups is 1. The maximum atomic E-state index is 14.8. The van der Waals surface area contributed by atoms with Gasteiger partial charge in [0.2, 0.25) is 5.91 Å². The van der Waals surface area contributed by atoms with E-state index < -0.39 is 28.8 Å². The number of hydrogen-bond donors (Lipinski definition) is 2. The van der Waals surface area contributed by atoms with Gasteiger partial charge in [0.25, 0.3) is 0 Å². The average Bonchev–Trinajstić information content (AvgIpc) is 2.67. The first-order valence-corrected chi connectivity index (χ1v) is 9.03. The van der Waals surface area contributed by atoms with Gasteiger partial charge in [-0.05, 0) is 45.0 Å². The summed E-state index contributed by atoms with van der Waals surface area (Å²) in [6, 6.07) is 3.22. The first-order valence-electron chi connectivity index (χ1n) is 9.03. The fourth-order valence-electron chi connectivity index (χ4n) is 3.41. The fourth-order valence-corrected chi connectivity index (χ4v) is 3.41.